The number of halogens is 1. The number of rotatable bonds is 2. The Morgan fingerprint density at radius 1 is 0.889 bits per heavy atom. The van der Waals surface area contributed by atoms with Gasteiger partial charge in [-0.3, -0.25) is 0 Å². The second-order valence-electron chi connectivity index (χ2n) is 7.27. The number of aromatic nitrogens is 1. The van der Waals surface area contributed by atoms with Crippen LogP contribution in [-0.4, -0.2) is 4.57 Å². The summed E-state index contributed by atoms with van der Waals surface area (Å²) >= 11 is 3.64. The van der Waals surface area contributed by atoms with Gasteiger partial charge in [-0.05, 0) is 54.8 Å². The zero-order chi connectivity index (χ0) is 18.4. The Kier molecular flexibility index (Phi) is 4.02. The standard InChI is InChI=1S/C25H20BrN/c1-17-10-12-22-23-13-11-19(18-6-3-2-4-7-18)15-25(23)27(24(22)14-17)21-9-5-8-20(26)16-21/h2-6,8-16,18H,7H2,1H3. The van der Waals surface area contributed by atoms with Crippen LogP contribution < -0.4 is 0 Å². The van der Waals surface area contributed by atoms with E-state index in [9.17, 15) is 0 Å². The van der Waals surface area contributed by atoms with Crippen molar-refractivity contribution in [3.05, 3.63) is 101 Å². The summed E-state index contributed by atoms with van der Waals surface area (Å²) in [6.07, 6.45) is 9.92. The number of allylic oxidation sites excluding steroid dienone is 4. The molecule has 0 saturated heterocycles. The van der Waals surface area contributed by atoms with Gasteiger partial charge < -0.3 is 4.57 Å². The van der Waals surface area contributed by atoms with Crippen LogP contribution in [0, 0.1) is 6.92 Å². The summed E-state index contributed by atoms with van der Waals surface area (Å²) in [5, 5.41) is 2.62. The molecule has 0 spiro atoms. The van der Waals surface area contributed by atoms with Crippen molar-refractivity contribution in [3.8, 4) is 5.69 Å². The highest BCUT2D eigenvalue weighted by Crippen LogP contribution is 2.36. The van der Waals surface area contributed by atoms with Crippen molar-refractivity contribution in [1.29, 1.82) is 0 Å². The van der Waals surface area contributed by atoms with Crippen molar-refractivity contribution in [2.75, 3.05) is 0 Å². The summed E-state index contributed by atoms with van der Waals surface area (Å²) < 4.78 is 3.49. The maximum atomic E-state index is 3.64. The molecule has 2 heteroatoms. The van der Waals surface area contributed by atoms with E-state index in [0.29, 0.717) is 5.92 Å². The van der Waals surface area contributed by atoms with E-state index in [0.717, 1.165) is 10.9 Å². The number of hydrogen-bond donors (Lipinski definition) is 0. The van der Waals surface area contributed by atoms with Gasteiger partial charge in [-0.25, -0.2) is 0 Å². The number of benzene rings is 3. The highest BCUT2D eigenvalue weighted by atomic mass is 79.9. The topological polar surface area (TPSA) is 4.93 Å². The van der Waals surface area contributed by atoms with Crippen LogP contribution in [0.25, 0.3) is 27.5 Å². The second kappa shape index (κ2) is 6.54. The molecule has 0 saturated carbocycles. The Balaban J connectivity index is 1.83. The summed E-state index contributed by atoms with van der Waals surface area (Å²) in [5.74, 6) is 0.454. The lowest BCUT2D eigenvalue weighted by molar-refractivity contribution is 0.855. The highest BCUT2D eigenvalue weighted by Gasteiger charge is 2.16. The molecule has 0 amide bonds. The van der Waals surface area contributed by atoms with Gasteiger partial charge in [0, 0.05) is 26.9 Å². The Hall–Kier alpha value is -2.58. The van der Waals surface area contributed by atoms with Gasteiger partial charge in [0.15, 0.2) is 0 Å². The first-order chi connectivity index (χ1) is 13.2. The molecule has 0 bridgehead atoms. The molecule has 0 radical (unpaired) electrons. The number of fused-ring (bicyclic) bond motifs is 3. The summed E-state index contributed by atoms with van der Waals surface area (Å²) in [6, 6.07) is 22.3. The Labute approximate surface area is 167 Å². The molecule has 0 N–H and O–H groups in total. The molecule has 27 heavy (non-hydrogen) atoms. The van der Waals surface area contributed by atoms with E-state index in [2.05, 4.69) is 112 Å². The van der Waals surface area contributed by atoms with Gasteiger partial charge in [0.2, 0.25) is 0 Å². The summed E-state index contributed by atoms with van der Waals surface area (Å²) in [4.78, 5) is 0. The minimum atomic E-state index is 0.454. The average Bonchev–Trinajstić information content (AvgIpc) is 3.01. The van der Waals surface area contributed by atoms with Gasteiger partial charge in [0.1, 0.15) is 0 Å². The maximum Gasteiger partial charge on any atom is 0.0544 e. The van der Waals surface area contributed by atoms with Crippen molar-refractivity contribution in [2.45, 2.75) is 19.3 Å². The van der Waals surface area contributed by atoms with Crippen molar-refractivity contribution < 1.29 is 0 Å². The fourth-order valence-corrected chi connectivity index (χ4v) is 4.48. The van der Waals surface area contributed by atoms with Gasteiger partial charge in [0.05, 0.1) is 11.0 Å². The minimum absolute atomic E-state index is 0.454. The molecule has 132 valence electrons. The summed E-state index contributed by atoms with van der Waals surface area (Å²) in [5.41, 5.74) is 6.38. The molecule has 1 aromatic heterocycles. The molecule has 0 aliphatic heterocycles. The van der Waals surface area contributed by atoms with E-state index < -0.39 is 0 Å². The SMILES string of the molecule is Cc1ccc2c3ccc(C4C=CC=CC4)cc3n(-c3cccc(Br)c3)c2c1. The molecular weight excluding hydrogens is 394 g/mol. The molecule has 4 aromatic rings. The van der Waals surface area contributed by atoms with Crippen LogP contribution in [0.15, 0.2) is 89.4 Å². The van der Waals surface area contributed by atoms with Crippen LogP contribution in [0.1, 0.15) is 23.5 Å². The molecule has 1 aliphatic carbocycles. The van der Waals surface area contributed by atoms with E-state index in [1.165, 1.54) is 38.6 Å². The number of nitrogens with zero attached hydrogens (tertiary/aromatic N) is 1. The number of aryl methyl sites for hydroxylation is 1. The first kappa shape index (κ1) is 16.6. The van der Waals surface area contributed by atoms with Crippen molar-refractivity contribution >= 4 is 37.7 Å². The van der Waals surface area contributed by atoms with Crippen LogP contribution in [0.2, 0.25) is 0 Å². The summed E-state index contributed by atoms with van der Waals surface area (Å²) in [6.45, 7) is 2.16. The maximum absolute atomic E-state index is 3.64. The van der Waals surface area contributed by atoms with E-state index in [4.69, 9.17) is 0 Å². The quantitative estimate of drug-likeness (QED) is 0.321. The predicted octanol–water partition coefficient (Wildman–Crippen LogP) is 7.45. The zero-order valence-electron chi connectivity index (χ0n) is 15.2. The lowest BCUT2D eigenvalue weighted by Crippen LogP contribution is -1.98. The van der Waals surface area contributed by atoms with Gasteiger partial charge in [-0.1, -0.05) is 70.6 Å². The van der Waals surface area contributed by atoms with Gasteiger partial charge in [-0.15, -0.1) is 0 Å². The molecule has 3 aromatic carbocycles. The van der Waals surface area contributed by atoms with Crippen molar-refractivity contribution in [1.82, 2.24) is 4.57 Å². The normalized spacial score (nSPS) is 16.4. The van der Waals surface area contributed by atoms with Crippen molar-refractivity contribution in [2.24, 2.45) is 0 Å². The first-order valence-corrected chi connectivity index (χ1v) is 10.1. The smallest absolute Gasteiger partial charge is 0.0544 e. The predicted molar refractivity (Wildman–Crippen MR) is 119 cm³/mol. The summed E-state index contributed by atoms with van der Waals surface area (Å²) in [7, 11) is 0. The third-order valence-electron chi connectivity index (χ3n) is 5.42. The zero-order valence-corrected chi connectivity index (χ0v) is 16.8. The molecule has 1 aliphatic rings. The number of hydrogen-bond acceptors (Lipinski definition) is 0. The van der Waals surface area contributed by atoms with Crippen LogP contribution in [-0.2, 0) is 0 Å². The highest BCUT2D eigenvalue weighted by molar-refractivity contribution is 9.10. The molecule has 1 unspecified atom stereocenters. The van der Waals surface area contributed by atoms with Crippen molar-refractivity contribution in [3.63, 3.8) is 0 Å². The molecular formula is C25H20BrN. The second-order valence-corrected chi connectivity index (χ2v) is 8.18. The molecule has 1 nitrogen and oxygen atoms in total. The Bertz CT molecular complexity index is 1230. The van der Waals surface area contributed by atoms with E-state index >= 15 is 0 Å². The molecule has 0 fully saturated rings. The third kappa shape index (κ3) is 2.85. The molecule has 1 heterocycles. The lowest BCUT2D eigenvalue weighted by Gasteiger charge is -2.15. The van der Waals surface area contributed by atoms with E-state index in [1.54, 1.807) is 0 Å². The van der Waals surface area contributed by atoms with Crippen LogP contribution in [0.4, 0.5) is 0 Å². The minimum Gasteiger partial charge on any atom is -0.309 e. The molecule has 5 rings (SSSR count). The fourth-order valence-electron chi connectivity index (χ4n) is 4.10. The van der Waals surface area contributed by atoms with E-state index in [1.807, 2.05) is 0 Å². The Morgan fingerprint density at radius 3 is 2.48 bits per heavy atom. The lowest BCUT2D eigenvalue weighted by atomic mass is 9.92. The monoisotopic (exact) mass is 413 g/mol. The van der Waals surface area contributed by atoms with Gasteiger partial charge in [0.25, 0.3) is 0 Å². The fraction of sp³-hybridized carbons (Fsp3) is 0.120. The third-order valence-corrected chi connectivity index (χ3v) is 5.92. The largest absolute Gasteiger partial charge is 0.309 e. The molecule has 1 atom stereocenters. The van der Waals surface area contributed by atoms with Crippen LogP contribution >= 0.6 is 15.9 Å². The Morgan fingerprint density at radius 2 is 1.70 bits per heavy atom. The average molecular weight is 414 g/mol. The van der Waals surface area contributed by atoms with E-state index in [-0.39, 0.29) is 0 Å². The first-order valence-electron chi connectivity index (χ1n) is 9.35. The van der Waals surface area contributed by atoms with Gasteiger partial charge in [-0.2, -0.15) is 0 Å². The van der Waals surface area contributed by atoms with Crippen LogP contribution in [0.5, 0.6) is 0 Å². The van der Waals surface area contributed by atoms with Crippen LogP contribution in [0.3, 0.4) is 0 Å². The van der Waals surface area contributed by atoms with Gasteiger partial charge >= 0.3 is 0 Å².